The largest absolute Gasteiger partial charge is 0.310 e. The van der Waals surface area contributed by atoms with Crippen LogP contribution in [-0.2, 0) is 16.6 Å². The molecule has 2 fully saturated rings. The third-order valence-corrected chi connectivity index (χ3v) is 6.45. The molecule has 118 valence electrons. The minimum atomic E-state index is -3.49. The lowest BCUT2D eigenvalue weighted by atomic mass is 10.2. The van der Waals surface area contributed by atoms with Gasteiger partial charge in [-0.25, -0.2) is 8.42 Å². The van der Waals surface area contributed by atoms with Crippen LogP contribution in [0.2, 0.25) is 0 Å². The predicted molar refractivity (Wildman–Crippen MR) is 80.4 cm³/mol. The average Bonchev–Trinajstić information content (AvgIpc) is 3.01. The number of rotatable bonds is 6. The Kier molecular flexibility index (Phi) is 4.07. The van der Waals surface area contributed by atoms with E-state index < -0.39 is 10.0 Å². The monoisotopic (exact) mass is 312 g/mol. The smallest absolute Gasteiger partial charge is 0.262 e. The Balaban J connectivity index is 1.87. The molecule has 0 spiro atoms. The Morgan fingerprint density at radius 1 is 1.38 bits per heavy atom. The predicted octanol–water partition coefficient (Wildman–Crippen LogP) is 1.53. The van der Waals surface area contributed by atoms with Gasteiger partial charge in [0, 0.05) is 36.4 Å². The normalized spacial score (nSPS) is 23.8. The SMILES string of the molecule is CCC1CCCN1S(=O)(=O)c1n[nH]c(C)c1CNC1CC1. The molecular weight excluding hydrogens is 288 g/mol. The zero-order valence-corrected chi connectivity index (χ0v) is 13.5. The first-order valence-corrected chi connectivity index (χ1v) is 9.27. The molecule has 1 aliphatic heterocycles. The van der Waals surface area contributed by atoms with E-state index in [0.29, 0.717) is 19.1 Å². The average molecular weight is 312 g/mol. The molecular formula is C14H24N4O2S. The van der Waals surface area contributed by atoms with Crippen LogP contribution in [0.1, 0.15) is 50.3 Å². The van der Waals surface area contributed by atoms with Crippen LogP contribution in [-0.4, -0.2) is 41.5 Å². The molecule has 0 amide bonds. The van der Waals surface area contributed by atoms with Crippen LogP contribution >= 0.6 is 0 Å². The van der Waals surface area contributed by atoms with E-state index in [1.54, 1.807) is 4.31 Å². The first-order chi connectivity index (χ1) is 10.0. The Hall–Kier alpha value is -0.920. The molecule has 1 atom stereocenters. The zero-order valence-electron chi connectivity index (χ0n) is 12.7. The Labute approximate surface area is 126 Å². The van der Waals surface area contributed by atoms with Gasteiger partial charge in [-0.3, -0.25) is 5.10 Å². The van der Waals surface area contributed by atoms with Crippen LogP contribution in [0.5, 0.6) is 0 Å². The summed E-state index contributed by atoms with van der Waals surface area (Å²) >= 11 is 0. The van der Waals surface area contributed by atoms with Crippen LogP contribution < -0.4 is 5.32 Å². The quantitative estimate of drug-likeness (QED) is 0.835. The molecule has 1 aromatic heterocycles. The van der Waals surface area contributed by atoms with Crippen molar-refractivity contribution in [2.75, 3.05) is 6.54 Å². The lowest BCUT2D eigenvalue weighted by Gasteiger charge is -2.22. The number of nitrogens with one attached hydrogen (secondary N) is 2. The minimum absolute atomic E-state index is 0.122. The highest BCUT2D eigenvalue weighted by molar-refractivity contribution is 7.89. The molecule has 1 unspecified atom stereocenters. The summed E-state index contributed by atoms with van der Waals surface area (Å²) in [6, 6.07) is 0.668. The van der Waals surface area contributed by atoms with Gasteiger partial charge in [0.25, 0.3) is 10.0 Å². The van der Waals surface area contributed by atoms with Gasteiger partial charge in [-0.05, 0) is 39.0 Å². The number of H-pyrrole nitrogens is 1. The third kappa shape index (κ3) is 2.86. The second-order valence-corrected chi connectivity index (χ2v) is 7.91. The molecule has 2 aliphatic rings. The molecule has 6 nitrogen and oxygen atoms in total. The summed E-state index contributed by atoms with van der Waals surface area (Å²) in [4.78, 5) is 0. The molecule has 21 heavy (non-hydrogen) atoms. The highest BCUT2D eigenvalue weighted by Crippen LogP contribution is 2.29. The van der Waals surface area contributed by atoms with E-state index in [2.05, 4.69) is 15.5 Å². The van der Waals surface area contributed by atoms with Crippen LogP contribution in [0.3, 0.4) is 0 Å². The summed E-state index contributed by atoms with van der Waals surface area (Å²) in [7, 11) is -3.49. The van der Waals surface area contributed by atoms with E-state index in [0.717, 1.165) is 30.5 Å². The summed E-state index contributed by atoms with van der Waals surface area (Å²) in [5, 5.41) is 10.6. The lowest BCUT2D eigenvalue weighted by molar-refractivity contribution is 0.377. The number of aryl methyl sites for hydroxylation is 1. The number of hydrogen-bond acceptors (Lipinski definition) is 4. The Morgan fingerprint density at radius 3 is 2.81 bits per heavy atom. The fourth-order valence-electron chi connectivity index (χ4n) is 3.03. The van der Waals surface area contributed by atoms with Gasteiger partial charge < -0.3 is 5.32 Å². The van der Waals surface area contributed by atoms with Gasteiger partial charge in [-0.2, -0.15) is 9.40 Å². The second kappa shape index (κ2) is 5.70. The fourth-order valence-corrected chi connectivity index (χ4v) is 4.97. The van der Waals surface area contributed by atoms with E-state index in [-0.39, 0.29) is 11.1 Å². The molecule has 1 saturated heterocycles. The van der Waals surface area contributed by atoms with Gasteiger partial charge in [-0.1, -0.05) is 6.92 Å². The van der Waals surface area contributed by atoms with Crippen LogP contribution in [0.25, 0.3) is 0 Å². The van der Waals surface area contributed by atoms with Crippen molar-refractivity contribution < 1.29 is 8.42 Å². The standard InChI is InChI=1S/C14H24N4O2S/c1-3-12-5-4-8-18(12)21(19,20)14-13(10(2)16-17-14)9-15-11-6-7-11/h11-12,15H,3-9H2,1-2H3,(H,16,17). The van der Waals surface area contributed by atoms with Crippen molar-refractivity contribution in [3.63, 3.8) is 0 Å². The molecule has 1 aromatic rings. The highest BCUT2D eigenvalue weighted by Gasteiger charge is 2.37. The molecule has 0 bridgehead atoms. The number of aromatic nitrogens is 2. The van der Waals surface area contributed by atoms with Crippen molar-refractivity contribution in [1.82, 2.24) is 19.8 Å². The maximum absolute atomic E-state index is 12.9. The van der Waals surface area contributed by atoms with Crippen molar-refractivity contribution in [3.8, 4) is 0 Å². The summed E-state index contributed by atoms with van der Waals surface area (Å²) in [5.41, 5.74) is 1.64. The molecule has 0 aromatic carbocycles. The van der Waals surface area contributed by atoms with Crippen molar-refractivity contribution in [1.29, 1.82) is 0 Å². The van der Waals surface area contributed by atoms with Gasteiger partial charge in [0.2, 0.25) is 0 Å². The number of hydrogen-bond donors (Lipinski definition) is 2. The number of sulfonamides is 1. The molecule has 7 heteroatoms. The van der Waals surface area contributed by atoms with Gasteiger partial charge in [0.15, 0.2) is 5.03 Å². The minimum Gasteiger partial charge on any atom is -0.310 e. The molecule has 2 heterocycles. The van der Waals surface area contributed by atoms with E-state index in [9.17, 15) is 8.42 Å². The van der Waals surface area contributed by atoms with Gasteiger partial charge in [-0.15, -0.1) is 0 Å². The zero-order chi connectivity index (χ0) is 15.0. The van der Waals surface area contributed by atoms with Crippen molar-refractivity contribution >= 4 is 10.0 Å². The van der Waals surface area contributed by atoms with Crippen LogP contribution in [0.15, 0.2) is 5.03 Å². The molecule has 1 saturated carbocycles. The summed E-state index contributed by atoms with van der Waals surface area (Å²) in [6.45, 7) is 5.12. The number of aromatic amines is 1. The number of nitrogens with zero attached hydrogens (tertiary/aromatic N) is 2. The van der Waals surface area contributed by atoms with Crippen LogP contribution in [0, 0.1) is 6.92 Å². The molecule has 3 rings (SSSR count). The first kappa shape index (κ1) is 15.0. The summed E-state index contributed by atoms with van der Waals surface area (Å²) in [6.07, 6.45) is 5.12. The van der Waals surface area contributed by atoms with Gasteiger partial charge >= 0.3 is 0 Å². The molecule has 1 aliphatic carbocycles. The maximum atomic E-state index is 12.9. The van der Waals surface area contributed by atoms with E-state index in [4.69, 9.17) is 0 Å². The Morgan fingerprint density at radius 2 is 2.14 bits per heavy atom. The topological polar surface area (TPSA) is 78.1 Å². The lowest BCUT2D eigenvalue weighted by Crippen LogP contribution is -2.36. The molecule has 2 N–H and O–H groups in total. The fraction of sp³-hybridized carbons (Fsp3) is 0.786. The second-order valence-electron chi connectivity index (χ2n) is 6.11. The molecule has 0 radical (unpaired) electrons. The Bertz CT molecular complexity index is 606. The van der Waals surface area contributed by atoms with Crippen LogP contribution in [0.4, 0.5) is 0 Å². The van der Waals surface area contributed by atoms with Crippen molar-refractivity contribution in [2.45, 2.75) is 69.6 Å². The summed E-state index contributed by atoms with van der Waals surface area (Å²) < 4.78 is 27.5. The van der Waals surface area contributed by atoms with E-state index in [1.807, 2.05) is 13.8 Å². The maximum Gasteiger partial charge on any atom is 0.262 e. The van der Waals surface area contributed by atoms with E-state index >= 15 is 0 Å². The summed E-state index contributed by atoms with van der Waals surface area (Å²) in [5.74, 6) is 0. The highest BCUT2D eigenvalue weighted by atomic mass is 32.2. The van der Waals surface area contributed by atoms with Gasteiger partial charge in [0.05, 0.1) is 0 Å². The van der Waals surface area contributed by atoms with Crippen molar-refractivity contribution in [2.24, 2.45) is 0 Å². The van der Waals surface area contributed by atoms with Gasteiger partial charge in [0.1, 0.15) is 0 Å². The first-order valence-electron chi connectivity index (χ1n) is 7.83. The van der Waals surface area contributed by atoms with Crippen molar-refractivity contribution in [3.05, 3.63) is 11.3 Å². The third-order valence-electron chi connectivity index (χ3n) is 4.53. The van der Waals surface area contributed by atoms with E-state index in [1.165, 1.54) is 12.8 Å².